The van der Waals surface area contributed by atoms with Crippen molar-refractivity contribution in [3.05, 3.63) is 75.6 Å². The second kappa shape index (κ2) is 9.60. The number of nitrogens with one attached hydrogen (secondary N) is 1. The second-order valence-corrected chi connectivity index (χ2v) is 5.72. The Morgan fingerprint density at radius 1 is 1.19 bits per heavy atom. The van der Waals surface area contributed by atoms with Crippen molar-refractivity contribution < 1.29 is 29.1 Å². The Bertz CT molecular complexity index is 787. The maximum Gasteiger partial charge on any atom is 0.407 e. The van der Waals surface area contributed by atoms with Gasteiger partial charge in [-0.15, -0.1) is 0 Å². The molecule has 1 amide bonds. The molecule has 2 aromatic rings. The Hall–Kier alpha value is -3.04. The SMILES string of the molecule is O=C(NCCC(O)C(O)c1cccc(F)c1[N+](=O)[O-])OCc1ccccc1. The Morgan fingerprint density at radius 2 is 1.89 bits per heavy atom. The van der Waals surface area contributed by atoms with Gasteiger partial charge in [0, 0.05) is 6.54 Å². The summed E-state index contributed by atoms with van der Waals surface area (Å²) < 4.78 is 18.6. The van der Waals surface area contributed by atoms with E-state index >= 15 is 0 Å². The van der Waals surface area contributed by atoms with Gasteiger partial charge >= 0.3 is 11.8 Å². The van der Waals surface area contributed by atoms with Gasteiger partial charge in [-0.3, -0.25) is 10.1 Å². The molecule has 0 aliphatic heterocycles. The maximum absolute atomic E-state index is 13.6. The average molecular weight is 378 g/mol. The number of benzene rings is 2. The fraction of sp³-hybridized carbons (Fsp3) is 0.278. The van der Waals surface area contributed by atoms with E-state index in [2.05, 4.69) is 5.32 Å². The molecule has 0 heterocycles. The zero-order valence-electron chi connectivity index (χ0n) is 14.2. The number of hydrogen-bond acceptors (Lipinski definition) is 6. The van der Waals surface area contributed by atoms with Crippen molar-refractivity contribution in [1.29, 1.82) is 0 Å². The minimum Gasteiger partial charge on any atom is -0.445 e. The lowest BCUT2D eigenvalue weighted by molar-refractivity contribution is -0.389. The summed E-state index contributed by atoms with van der Waals surface area (Å²) in [5.41, 5.74) is -0.417. The number of carbonyl (C=O) groups excluding carboxylic acids is 1. The van der Waals surface area contributed by atoms with Crippen LogP contribution in [0.3, 0.4) is 0 Å². The molecule has 0 radical (unpaired) electrons. The highest BCUT2D eigenvalue weighted by Gasteiger charge is 2.29. The van der Waals surface area contributed by atoms with Crippen LogP contribution < -0.4 is 5.32 Å². The van der Waals surface area contributed by atoms with Crippen LogP contribution in [-0.2, 0) is 11.3 Å². The van der Waals surface area contributed by atoms with Crippen LogP contribution in [0.25, 0.3) is 0 Å². The molecule has 0 aliphatic rings. The summed E-state index contributed by atoms with van der Waals surface area (Å²) in [4.78, 5) is 21.6. The number of rotatable bonds is 8. The van der Waals surface area contributed by atoms with Gasteiger partial charge in [0.15, 0.2) is 0 Å². The zero-order chi connectivity index (χ0) is 19.8. The summed E-state index contributed by atoms with van der Waals surface area (Å²) in [6, 6.07) is 12.3. The summed E-state index contributed by atoms with van der Waals surface area (Å²) in [7, 11) is 0. The lowest BCUT2D eigenvalue weighted by atomic mass is 10.00. The second-order valence-electron chi connectivity index (χ2n) is 5.72. The molecule has 2 aromatic carbocycles. The van der Waals surface area contributed by atoms with Crippen molar-refractivity contribution in [3.63, 3.8) is 0 Å². The van der Waals surface area contributed by atoms with Gasteiger partial charge in [0.2, 0.25) is 5.82 Å². The highest BCUT2D eigenvalue weighted by atomic mass is 19.1. The Kier molecular flexibility index (Phi) is 7.21. The molecular weight excluding hydrogens is 359 g/mol. The first kappa shape index (κ1) is 20.3. The fourth-order valence-electron chi connectivity index (χ4n) is 2.42. The molecule has 2 unspecified atom stereocenters. The minimum absolute atomic E-state index is 0.0467. The molecular formula is C18H19FN2O6. The van der Waals surface area contributed by atoms with Crippen LogP contribution in [0.2, 0.25) is 0 Å². The number of nitro groups is 1. The third-order valence-electron chi connectivity index (χ3n) is 3.81. The van der Waals surface area contributed by atoms with Crippen molar-refractivity contribution >= 4 is 11.8 Å². The zero-order valence-corrected chi connectivity index (χ0v) is 14.2. The van der Waals surface area contributed by atoms with Crippen molar-refractivity contribution in [2.45, 2.75) is 25.2 Å². The molecule has 9 heteroatoms. The van der Waals surface area contributed by atoms with Gasteiger partial charge in [-0.1, -0.05) is 36.4 Å². The molecule has 144 valence electrons. The smallest absolute Gasteiger partial charge is 0.407 e. The van der Waals surface area contributed by atoms with Gasteiger partial charge in [0.1, 0.15) is 12.7 Å². The molecule has 0 bridgehead atoms. The van der Waals surface area contributed by atoms with Gasteiger partial charge in [0.25, 0.3) is 0 Å². The number of aliphatic hydroxyl groups is 2. The number of hydrogen-bond donors (Lipinski definition) is 3. The Balaban J connectivity index is 1.83. The van der Waals surface area contributed by atoms with Gasteiger partial charge in [-0.25, -0.2) is 4.79 Å². The van der Waals surface area contributed by atoms with Crippen LogP contribution >= 0.6 is 0 Å². The fourth-order valence-corrected chi connectivity index (χ4v) is 2.42. The Labute approximate surface area is 154 Å². The number of amides is 1. The topological polar surface area (TPSA) is 122 Å². The largest absolute Gasteiger partial charge is 0.445 e. The van der Waals surface area contributed by atoms with Crippen LogP contribution in [0.1, 0.15) is 23.7 Å². The highest BCUT2D eigenvalue weighted by Crippen LogP contribution is 2.30. The molecule has 0 aromatic heterocycles. The molecule has 0 saturated carbocycles. The van der Waals surface area contributed by atoms with Crippen LogP contribution in [-0.4, -0.2) is 33.9 Å². The van der Waals surface area contributed by atoms with Gasteiger partial charge < -0.3 is 20.3 Å². The van der Waals surface area contributed by atoms with E-state index in [9.17, 15) is 29.5 Å². The molecule has 3 N–H and O–H groups in total. The number of nitro benzene ring substituents is 1. The van der Waals surface area contributed by atoms with Crippen LogP contribution in [0, 0.1) is 15.9 Å². The lowest BCUT2D eigenvalue weighted by Crippen LogP contribution is -2.30. The number of carbonyl (C=O) groups is 1. The van der Waals surface area contributed by atoms with Gasteiger partial charge in [-0.2, -0.15) is 4.39 Å². The molecule has 0 aliphatic carbocycles. The summed E-state index contributed by atoms with van der Waals surface area (Å²) in [6.45, 7) is 0.0301. The van der Waals surface area contributed by atoms with E-state index in [1.54, 1.807) is 24.3 Å². The van der Waals surface area contributed by atoms with Crippen LogP contribution in [0.4, 0.5) is 14.9 Å². The van der Waals surface area contributed by atoms with E-state index < -0.39 is 34.7 Å². The number of aliphatic hydroxyl groups excluding tert-OH is 2. The molecule has 8 nitrogen and oxygen atoms in total. The summed E-state index contributed by atoms with van der Waals surface area (Å²) in [5, 5.41) is 33.5. The molecule has 0 spiro atoms. The summed E-state index contributed by atoms with van der Waals surface area (Å²) in [5.74, 6) is -1.11. The number of para-hydroxylation sites is 1. The van der Waals surface area contributed by atoms with Crippen LogP contribution in [0.15, 0.2) is 48.5 Å². The third-order valence-corrected chi connectivity index (χ3v) is 3.81. The van der Waals surface area contributed by atoms with Crippen molar-refractivity contribution in [3.8, 4) is 0 Å². The monoisotopic (exact) mass is 378 g/mol. The average Bonchev–Trinajstić information content (AvgIpc) is 2.66. The standard InChI is InChI=1S/C18H19FN2O6/c19-14-8-4-7-13(16(14)21(25)26)17(23)15(22)9-10-20-18(24)27-11-12-5-2-1-3-6-12/h1-8,15,17,22-23H,9-11H2,(H,20,24). The van der Waals surface area contributed by atoms with E-state index in [1.807, 2.05) is 6.07 Å². The van der Waals surface area contributed by atoms with E-state index in [0.29, 0.717) is 0 Å². The first-order valence-corrected chi connectivity index (χ1v) is 8.13. The van der Waals surface area contributed by atoms with Gasteiger partial charge in [0.05, 0.1) is 16.6 Å². The molecule has 2 atom stereocenters. The quantitative estimate of drug-likeness (QED) is 0.479. The third kappa shape index (κ3) is 5.73. The molecule has 0 fully saturated rings. The normalized spacial score (nSPS) is 12.9. The van der Waals surface area contributed by atoms with Crippen LogP contribution in [0.5, 0.6) is 0 Å². The van der Waals surface area contributed by atoms with Gasteiger partial charge in [-0.05, 0) is 24.1 Å². The van der Waals surface area contributed by atoms with E-state index in [0.717, 1.165) is 17.7 Å². The minimum atomic E-state index is -1.68. The van der Waals surface area contributed by atoms with E-state index in [1.165, 1.54) is 6.07 Å². The number of nitrogens with zero attached hydrogens (tertiary/aromatic N) is 1. The number of alkyl carbamates (subject to hydrolysis) is 1. The van der Waals surface area contributed by atoms with E-state index in [-0.39, 0.29) is 25.1 Å². The summed E-state index contributed by atoms with van der Waals surface area (Å²) in [6.07, 6.45) is -3.95. The lowest BCUT2D eigenvalue weighted by Gasteiger charge is -2.18. The maximum atomic E-state index is 13.6. The first-order chi connectivity index (χ1) is 12.9. The predicted octanol–water partition coefficient (Wildman–Crippen LogP) is 2.44. The molecule has 0 saturated heterocycles. The Morgan fingerprint density at radius 3 is 2.56 bits per heavy atom. The summed E-state index contributed by atoms with van der Waals surface area (Å²) >= 11 is 0. The van der Waals surface area contributed by atoms with Crippen molar-refractivity contribution in [2.75, 3.05) is 6.54 Å². The predicted molar refractivity (Wildman–Crippen MR) is 93.3 cm³/mol. The van der Waals surface area contributed by atoms with Crippen molar-refractivity contribution in [1.82, 2.24) is 5.32 Å². The number of halogens is 1. The highest BCUT2D eigenvalue weighted by molar-refractivity contribution is 5.67. The first-order valence-electron chi connectivity index (χ1n) is 8.13. The number of ether oxygens (including phenoxy) is 1. The molecule has 2 rings (SSSR count). The van der Waals surface area contributed by atoms with Crippen molar-refractivity contribution in [2.24, 2.45) is 0 Å². The molecule has 27 heavy (non-hydrogen) atoms. The van der Waals surface area contributed by atoms with E-state index in [4.69, 9.17) is 4.74 Å².